The van der Waals surface area contributed by atoms with Crippen molar-refractivity contribution in [3.8, 4) is 0 Å². The van der Waals surface area contributed by atoms with Gasteiger partial charge in [0.2, 0.25) is 0 Å². The minimum atomic E-state index is 0.0185. The van der Waals surface area contributed by atoms with Crippen molar-refractivity contribution in [2.45, 2.75) is 25.2 Å². The van der Waals surface area contributed by atoms with Crippen LogP contribution in [0.3, 0.4) is 0 Å². The zero-order chi connectivity index (χ0) is 15.5. The second kappa shape index (κ2) is 6.79. The molecule has 0 N–H and O–H groups in total. The molecule has 6 nitrogen and oxygen atoms in total. The third-order valence-electron chi connectivity index (χ3n) is 4.37. The zero-order valence-electron chi connectivity index (χ0n) is 13.5. The molecule has 2 fully saturated rings. The average Bonchev–Trinajstić information content (AvgIpc) is 3.00. The number of aryl methyl sites for hydroxylation is 1. The van der Waals surface area contributed by atoms with E-state index in [1.54, 1.807) is 9.58 Å². The molecule has 1 saturated heterocycles. The summed E-state index contributed by atoms with van der Waals surface area (Å²) in [4.78, 5) is 14.4. The van der Waals surface area contributed by atoms with Crippen LogP contribution in [0, 0.1) is 5.92 Å². The van der Waals surface area contributed by atoms with Gasteiger partial charge in [0, 0.05) is 46.0 Å². The van der Waals surface area contributed by atoms with E-state index in [0.717, 1.165) is 31.2 Å². The maximum Gasteiger partial charge on any atom is 0.257 e. The SMILES string of the molecule is CN(CCOCC1CC1)C(=O)c1cn(C)nc1[C@H]1CCOC1. The molecule has 0 bridgehead atoms. The maximum absolute atomic E-state index is 12.7. The molecule has 1 aliphatic carbocycles. The third kappa shape index (κ3) is 3.67. The number of aromatic nitrogens is 2. The van der Waals surface area contributed by atoms with Crippen LogP contribution >= 0.6 is 0 Å². The van der Waals surface area contributed by atoms with Crippen LogP contribution in [0.1, 0.15) is 41.2 Å². The second-order valence-corrected chi connectivity index (χ2v) is 6.41. The van der Waals surface area contributed by atoms with Crippen molar-refractivity contribution in [3.05, 3.63) is 17.5 Å². The molecular formula is C16H25N3O3. The lowest BCUT2D eigenvalue weighted by Gasteiger charge is -2.18. The largest absolute Gasteiger partial charge is 0.381 e. The van der Waals surface area contributed by atoms with E-state index >= 15 is 0 Å². The van der Waals surface area contributed by atoms with Gasteiger partial charge in [-0.05, 0) is 25.2 Å². The quantitative estimate of drug-likeness (QED) is 0.715. The first-order valence-electron chi connectivity index (χ1n) is 8.09. The van der Waals surface area contributed by atoms with E-state index in [9.17, 15) is 4.79 Å². The maximum atomic E-state index is 12.7. The van der Waals surface area contributed by atoms with E-state index in [1.165, 1.54) is 12.8 Å². The zero-order valence-corrected chi connectivity index (χ0v) is 13.5. The molecule has 2 aliphatic rings. The summed E-state index contributed by atoms with van der Waals surface area (Å²) in [5, 5.41) is 4.48. The molecule has 2 heterocycles. The fraction of sp³-hybridized carbons (Fsp3) is 0.750. The van der Waals surface area contributed by atoms with Crippen LogP contribution in [-0.4, -0.2) is 60.6 Å². The Morgan fingerprint density at radius 3 is 3.00 bits per heavy atom. The van der Waals surface area contributed by atoms with Crippen LogP contribution in [0.4, 0.5) is 0 Å². The molecule has 3 rings (SSSR count). The number of carbonyl (C=O) groups excluding carboxylic acids is 1. The summed E-state index contributed by atoms with van der Waals surface area (Å²) >= 11 is 0. The van der Waals surface area contributed by atoms with Gasteiger partial charge in [0.1, 0.15) is 0 Å². The van der Waals surface area contributed by atoms with E-state index in [1.807, 2.05) is 20.3 Å². The number of amides is 1. The number of likely N-dealkylation sites (N-methyl/N-ethyl adjacent to an activating group) is 1. The minimum Gasteiger partial charge on any atom is -0.381 e. The summed E-state index contributed by atoms with van der Waals surface area (Å²) < 4.78 is 12.8. The normalized spacial score (nSPS) is 21.3. The highest BCUT2D eigenvalue weighted by atomic mass is 16.5. The van der Waals surface area contributed by atoms with Crippen molar-refractivity contribution < 1.29 is 14.3 Å². The van der Waals surface area contributed by atoms with Gasteiger partial charge in [0.05, 0.1) is 24.5 Å². The van der Waals surface area contributed by atoms with Crippen LogP contribution < -0.4 is 0 Å². The third-order valence-corrected chi connectivity index (χ3v) is 4.37. The fourth-order valence-electron chi connectivity index (χ4n) is 2.77. The highest BCUT2D eigenvalue weighted by molar-refractivity contribution is 5.95. The monoisotopic (exact) mass is 307 g/mol. The number of hydrogen-bond donors (Lipinski definition) is 0. The molecule has 0 aromatic carbocycles. The molecule has 1 saturated carbocycles. The van der Waals surface area contributed by atoms with Crippen LogP contribution in [0.15, 0.2) is 6.20 Å². The molecule has 1 aliphatic heterocycles. The first-order chi connectivity index (χ1) is 10.6. The molecular weight excluding hydrogens is 282 g/mol. The molecule has 0 radical (unpaired) electrons. The van der Waals surface area contributed by atoms with Crippen LogP contribution in [0.25, 0.3) is 0 Å². The van der Waals surface area contributed by atoms with Gasteiger partial charge in [-0.15, -0.1) is 0 Å². The number of nitrogens with zero attached hydrogens (tertiary/aromatic N) is 3. The lowest BCUT2D eigenvalue weighted by Crippen LogP contribution is -2.31. The van der Waals surface area contributed by atoms with Gasteiger partial charge in [-0.1, -0.05) is 0 Å². The molecule has 122 valence electrons. The standard InChI is InChI=1S/C16H25N3O3/c1-18(6-8-22-10-12-3-4-12)16(20)14-9-19(2)17-15(14)13-5-7-21-11-13/h9,12-13H,3-8,10-11H2,1-2H3/t13-/m0/s1. The van der Waals surface area contributed by atoms with Crippen molar-refractivity contribution in [1.82, 2.24) is 14.7 Å². The first kappa shape index (κ1) is 15.5. The summed E-state index contributed by atoms with van der Waals surface area (Å²) in [5.74, 6) is 1.01. The molecule has 1 aromatic rings. The van der Waals surface area contributed by atoms with Crippen molar-refractivity contribution in [1.29, 1.82) is 0 Å². The molecule has 6 heteroatoms. The van der Waals surface area contributed by atoms with Gasteiger partial charge in [-0.2, -0.15) is 5.10 Å². The fourth-order valence-corrected chi connectivity index (χ4v) is 2.77. The predicted octanol–water partition coefficient (Wildman–Crippen LogP) is 1.42. The number of hydrogen-bond acceptors (Lipinski definition) is 4. The molecule has 1 aromatic heterocycles. The highest BCUT2D eigenvalue weighted by Crippen LogP contribution is 2.29. The second-order valence-electron chi connectivity index (χ2n) is 6.41. The molecule has 22 heavy (non-hydrogen) atoms. The summed E-state index contributed by atoms with van der Waals surface area (Å²) in [7, 11) is 3.68. The van der Waals surface area contributed by atoms with Gasteiger partial charge in [0.15, 0.2) is 0 Å². The Kier molecular flexibility index (Phi) is 4.78. The lowest BCUT2D eigenvalue weighted by atomic mass is 10.0. The van der Waals surface area contributed by atoms with E-state index in [2.05, 4.69) is 5.10 Å². The summed E-state index contributed by atoms with van der Waals surface area (Å²) in [6.45, 7) is 3.45. The number of carbonyl (C=O) groups is 1. The first-order valence-corrected chi connectivity index (χ1v) is 8.09. The molecule has 1 atom stereocenters. The Bertz CT molecular complexity index is 519. The van der Waals surface area contributed by atoms with Gasteiger partial charge < -0.3 is 14.4 Å². The van der Waals surface area contributed by atoms with E-state index in [-0.39, 0.29) is 11.8 Å². The Morgan fingerprint density at radius 1 is 1.50 bits per heavy atom. The van der Waals surface area contributed by atoms with Crippen LogP contribution in [0.5, 0.6) is 0 Å². The van der Waals surface area contributed by atoms with E-state index in [4.69, 9.17) is 9.47 Å². The summed E-state index contributed by atoms with van der Waals surface area (Å²) in [6.07, 6.45) is 5.33. The van der Waals surface area contributed by atoms with Crippen LogP contribution in [0.2, 0.25) is 0 Å². The molecule has 0 unspecified atom stereocenters. The van der Waals surface area contributed by atoms with Crippen molar-refractivity contribution >= 4 is 5.91 Å². The predicted molar refractivity (Wildman–Crippen MR) is 81.9 cm³/mol. The molecule has 1 amide bonds. The topological polar surface area (TPSA) is 56.6 Å². The highest BCUT2D eigenvalue weighted by Gasteiger charge is 2.28. The molecule has 0 spiro atoms. The summed E-state index contributed by atoms with van der Waals surface area (Å²) in [5.41, 5.74) is 1.57. The average molecular weight is 307 g/mol. The number of ether oxygens (including phenoxy) is 2. The van der Waals surface area contributed by atoms with Gasteiger partial charge >= 0.3 is 0 Å². The number of rotatable bonds is 7. The summed E-state index contributed by atoms with van der Waals surface area (Å²) in [6, 6.07) is 0. The lowest BCUT2D eigenvalue weighted by molar-refractivity contribution is 0.0679. The van der Waals surface area contributed by atoms with E-state index < -0.39 is 0 Å². The van der Waals surface area contributed by atoms with E-state index in [0.29, 0.717) is 25.3 Å². The Morgan fingerprint density at radius 2 is 2.32 bits per heavy atom. The van der Waals surface area contributed by atoms with Gasteiger partial charge in [0.25, 0.3) is 5.91 Å². The minimum absolute atomic E-state index is 0.0185. The Labute approximate surface area is 131 Å². The Balaban J connectivity index is 1.57. The van der Waals surface area contributed by atoms with Gasteiger partial charge in [-0.25, -0.2) is 0 Å². The smallest absolute Gasteiger partial charge is 0.257 e. The van der Waals surface area contributed by atoms with Crippen molar-refractivity contribution in [2.24, 2.45) is 13.0 Å². The van der Waals surface area contributed by atoms with Crippen LogP contribution in [-0.2, 0) is 16.5 Å². The van der Waals surface area contributed by atoms with Crippen molar-refractivity contribution in [3.63, 3.8) is 0 Å². The Hall–Kier alpha value is -1.40. The van der Waals surface area contributed by atoms with Crippen molar-refractivity contribution in [2.75, 3.05) is 40.0 Å². The van der Waals surface area contributed by atoms with Gasteiger partial charge in [-0.3, -0.25) is 9.48 Å².